The fourth-order valence-corrected chi connectivity index (χ4v) is 3.40. The highest BCUT2D eigenvalue weighted by atomic mass is 32.1. The van der Waals surface area contributed by atoms with Crippen LogP contribution in [0.4, 0.5) is 5.69 Å². The highest BCUT2D eigenvalue weighted by molar-refractivity contribution is 7.21. The van der Waals surface area contributed by atoms with E-state index in [1.54, 1.807) is 36.0 Å². The van der Waals surface area contributed by atoms with Gasteiger partial charge in [-0.05, 0) is 42.5 Å². The molecule has 0 radical (unpaired) electrons. The number of rotatable bonds is 4. The zero-order valence-electron chi connectivity index (χ0n) is 13.7. The van der Waals surface area contributed by atoms with Crippen LogP contribution in [0.15, 0.2) is 73.2 Å². The maximum Gasteiger partial charge on any atom is 0.248 e. The molecule has 0 spiro atoms. The molecule has 0 saturated carbocycles. The predicted octanol–water partition coefficient (Wildman–Crippen LogP) is 4.41. The van der Waals surface area contributed by atoms with E-state index in [4.69, 9.17) is 0 Å². The van der Waals surface area contributed by atoms with Gasteiger partial charge in [0.15, 0.2) is 0 Å². The molecule has 0 aliphatic carbocycles. The van der Waals surface area contributed by atoms with Crippen molar-refractivity contribution < 1.29 is 4.79 Å². The van der Waals surface area contributed by atoms with E-state index >= 15 is 0 Å². The van der Waals surface area contributed by atoms with Crippen molar-refractivity contribution >= 4 is 39.2 Å². The fourth-order valence-electron chi connectivity index (χ4n) is 2.43. The van der Waals surface area contributed by atoms with Crippen LogP contribution in [0.25, 0.3) is 26.9 Å². The lowest BCUT2D eigenvalue weighted by molar-refractivity contribution is -0.111. The van der Waals surface area contributed by atoms with Crippen LogP contribution in [0.2, 0.25) is 0 Å². The molecule has 4 rings (SSSR count). The monoisotopic (exact) mass is 358 g/mol. The molecule has 0 atom stereocenters. The van der Waals surface area contributed by atoms with E-state index in [2.05, 4.69) is 26.3 Å². The lowest BCUT2D eigenvalue weighted by Crippen LogP contribution is -2.07. The minimum atomic E-state index is -0.219. The van der Waals surface area contributed by atoms with Crippen molar-refractivity contribution in [2.45, 2.75) is 0 Å². The van der Waals surface area contributed by atoms with E-state index < -0.39 is 0 Å². The van der Waals surface area contributed by atoms with Crippen molar-refractivity contribution in [3.63, 3.8) is 0 Å². The van der Waals surface area contributed by atoms with Gasteiger partial charge in [0.25, 0.3) is 0 Å². The molecule has 0 aliphatic rings. The Morgan fingerprint density at radius 2 is 1.88 bits per heavy atom. The predicted molar refractivity (Wildman–Crippen MR) is 105 cm³/mol. The first-order chi connectivity index (χ1) is 12.8. The van der Waals surface area contributed by atoms with Gasteiger partial charge in [-0.2, -0.15) is 0 Å². The molecule has 4 aromatic rings. The molecular formula is C20H14N4OS. The Balaban J connectivity index is 1.45. The molecule has 1 amide bonds. The van der Waals surface area contributed by atoms with Crippen LogP contribution < -0.4 is 5.32 Å². The van der Waals surface area contributed by atoms with Gasteiger partial charge in [0.05, 0.1) is 22.1 Å². The molecular weight excluding hydrogens is 344 g/mol. The second-order valence-corrected chi connectivity index (χ2v) is 6.55. The van der Waals surface area contributed by atoms with Crippen molar-refractivity contribution in [1.29, 1.82) is 0 Å². The van der Waals surface area contributed by atoms with Gasteiger partial charge in [-0.25, -0.2) is 4.98 Å². The van der Waals surface area contributed by atoms with Gasteiger partial charge >= 0.3 is 0 Å². The van der Waals surface area contributed by atoms with Crippen LogP contribution in [-0.4, -0.2) is 20.9 Å². The van der Waals surface area contributed by atoms with Crippen LogP contribution >= 0.6 is 11.3 Å². The highest BCUT2D eigenvalue weighted by Gasteiger charge is 2.06. The number of nitrogens with zero attached hydrogens (tertiary/aromatic N) is 3. The Morgan fingerprint density at radius 1 is 1.04 bits per heavy atom. The number of anilines is 1. The third-order valence-electron chi connectivity index (χ3n) is 3.68. The van der Waals surface area contributed by atoms with E-state index in [-0.39, 0.29) is 5.91 Å². The molecule has 2 heterocycles. The summed E-state index contributed by atoms with van der Waals surface area (Å²) in [4.78, 5) is 24.7. The number of para-hydroxylation sites is 1. The third-order valence-corrected chi connectivity index (χ3v) is 4.77. The molecule has 0 saturated heterocycles. The fraction of sp³-hybridized carbons (Fsp3) is 0. The number of hydrogen-bond donors (Lipinski definition) is 1. The third kappa shape index (κ3) is 3.65. The van der Waals surface area contributed by atoms with Crippen LogP contribution in [0, 0.1) is 0 Å². The Bertz CT molecular complexity index is 1040. The summed E-state index contributed by atoms with van der Waals surface area (Å²) in [6.07, 6.45) is 7.82. The van der Waals surface area contributed by atoms with Crippen molar-refractivity contribution in [3.8, 4) is 10.6 Å². The van der Waals surface area contributed by atoms with Crippen LogP contribution in [0.5, 0.6) is 0 Å². The normalized spacial score (nSPS) is 11.1. The van der Waals surface area contributed by atoms with Gasteiger partial charge in [-0.3, -0.25) is 14.8 Å². The van der Waals surface area contributed by atoms with Gasteiger partial charge in [0.1, 0.15) is 5.01 Å². The van der Waals surface area contributed by atoms with E-state index in [1.807, 2.05) is 42.5 Å². The van der Waals surface area contributed by atoms with Crippen LogP contribution in [0.3, 0.4) is 0 Å². The van der Waals surface area contributed by atoms with Crippen molar-refractivity contribution in [2.75, 3.05) is 5.32 Å². The standard InChI is InChI=1S/C20H14N4OS/c25-19(10-9-16-13-21-11-12-22-16)23-15-7-5-14(6-8-15)20-24-17-3-1-2-4-18(17)26-20/h1-13H,(H,23,25)/b10-9+. The SMILES string of the molecule is O=C(/C=C/c1cnccn1)Nc1ccc(-c2nc3ccccc3s2)cc1. The largest absolute Gasteiger partial charge is 0.323 e. The lowest BCUT2D eigenvalue weighted by atomic mass is 10.2. The van der Waals surface area contributed by atoms with Gasteiger partial charge < -0.3 is 5.32 Å². The Morgan fingerprint density at radius 3 is 2.65 bits per heavy atom. The smallest absolute Gasteiger partial charge is 0.248 e. The number of fused-ring (bicyclic) bond motifs is 1. The number of benzene rings is 2. The van der Waals surface area contributed by atoms with Crippen LogP contribution in [0.1, 0.15) is 5.69 Å². The van der Waals surface area contributed by atoms with E-state index in [0.717, 1.165) is 26.5 Å². The summed E-state index contributed by atoms with van der Waals surface area (Å²) in [6.45, 7) is 0. The minimum absolute atomic E-state index is 0.219. The van der Waals surface area contributed by atoms with Gasteiger partial charge in [0, 0.05) is 29.7 Å². The number of amides is 1. The average molecular weight is 358 g/mol. The van der Waals surface area contributed by atoms with Crippen LogP contribution in [-0.2, 0) is 4.79 Å². The topological polar surface area (TPSA) is 67.8 Å². The summed E-state index contributed by atoms with van der Waals surface area (Å²) in [6, 6.07) is 15.7. The summed E-state index contributed by atoms with van der Waals surface area (Å²) in [5.74, 6) is -0.219. The molecule has 0 aliphatic heterocycles. The average Bonchev–Trinajstić information content (AvgIpc) is 3.12. The number of carbonyl (C=O) groups is 1. The van der Waals surface area contributed by atoms with Gasteiger partial charge in [0.2, 0.25) is 5.91 Å². The summed E-state index contributed by atoms with van der Waals surface area (Å²) < 4.78 is 1.16. The Labute approximate surface area is 154 Å². The lowest BCUT2D eigenvalue weighted by Gasteiger charge is -2.03. The number of hydrogen-bond acceptors (Lipinski definition) is 5. The number of carbonyl (C=O) groups excluding carboxylic acids is 1. The Hall–Kier alpha value is -3.38. The summed E-state index contributed by atoms with van der Waals surface area (Å²) in [5, 5.41) is 3.79. The van der Waals surface area contributed by atoms with Gasteiger partial charge in [-0.15, -0.1) is 11.3 Å². The second kappa shape index (κ2) is 7.25. The highest BCUT2D eigenvalue weighted by Crippen LogP contribution is 2.30. The summed E-state index contributed by atoms with van der Waals surface area (Å²) in [7, 11) is 0. The number of nitrogens with one attached hydrogen (secondary N) is 1. The first kappa shape index (κ1) is 16.1. The van der Waals surface area contributed by atoms with E-state index in [1.165, 1.54) is 6.08 Å². The van der Waals surface area contributed by atoms with E-state index in [0.29, 0.717) is 5.69 Å². The maximum atomic E-state index is 12.0. The van der Waals surface area contributed by atoms with Gasteiger partial charge in [-0.1, -0.05) is 12.1 Å². The zero-order chi connectivity index (χ0) is 17.8. The molecule has 5 nitrogen and oxygen atoms in total. The maximum absolute atomic E-state index is 12.0. The molecule has 26 heavy (non-hydrogen) atoms. The summed E-state index contributed by atoms with van der Waals surface area (Å²) in [5.41, 5.74) is 3.39. The molecule has 1 N–H and O–H groups in total. The minimum Gasteiger partial charge on any atom is -0.323 e. The molecule has 0 unspecified atom stereocenters. The number of thiazole rings is 1. The Kier molecular flexibility index (Phi) is 4.49. The van der Waals surface area contributed by atoms with Crippen molar-refractivity contribution in [2.24, 2.45) is 0 Å². The molecule has 126 valence electrons. The quantitative estimate of drug-likeness (QED) is 0.549. The van der Waals surface area contributed by atoms with Crippen molar-refractivity contribution in [1.82, 2.24) is 15.0 Å². The molecule has 2 aromatic carbocycles. The number of aromatic nitrogens is 3. The second-order valence-electron chi connectivity index (χ2n) is 5.52. The first-order valence-electron chi connectivity index (χ1n) is 7.99. The molecule has 0 bridgehead atoms. The zero-order valence-corrected chi connectivity index (χ0v) is 14.5. The first-order valence-corrected chi connectivity index (χ1v) is 8.81. The molecule has 0 fully saturated rings. The molecule has 2 aromatic heterocycles. The molecule has 6 heteroatoms. The van der Waals surface area contributed by atoms with E-state index in [9.17, 15) is 4.79 Å². The van der Waals surface area contributed by atoms with Crippen molar-refractivity contribution in [3.05, 3.63) is 78.9 Å². The summed E-state index contributed by atoms with van der Waals surface area (Å²) >= 11 is 1.65.